The molecule has 20 heteroatoms. The van der Waals surface area contributed by atoms with Crippen LogP contribution in [0.15, 0.2) is 10.3 Å². The van der Waals surface area contributed by atoms with Crippen LogP contribution >= 0.6 is 35.1 Å². The first-order valence-electron chi connectivity index (χ1n) is 11.0. The number of amides is 2. The van der Waals surface area contributed by atoms with Gasteiger partial charge in [-0.2, -0.15) is 9.36 Å². The molecule has 17 nitrogen and oxygen atoms in total. The van der Waals surface area contributed by atoms with Crippen molar-refractivity contribution in [2.45, 2.75) is 29.5 Å². The molecule has 2 unspecified atom stereocenters. The van der Waals surface area contributed by atoms with E-state index in [9.17, 15) is 24.3 Å². The van der Waals surface area contributed by atoms with Crippen LogP contribution in [0.4, 0.5) is 5.13 Å². The smallest absolute Gasteiger partial charge is 0.313 e. The third kappa shape index (κ3) is 6.04. The van der Waals surface area contributed by atoms with Crippen LogP contribution in [0.5, 0.6) is 0 Å². The van der Waals surface area contributed by atoms with Crippen molar-refractivity contribution in [3.63, 3.8) is 0 Å². The van der Waals surface area contributed by atoms with Crippen LogP contribution < -0.4 is 11.1 Å². The molecule has 2 aromatic heterocycles. The largest absolute Gasteiger partial charge is 0.481 e. The summed E-state index contributed by atoms with van der Waals surface area (Å²) in [6, 6.07) is -0.945. The van der Waals surface area contributed by atoms with Crippen LogP contribution in [0.3, 0.4) is 0 Å². The molecule has 0 radical (unpaired) electrons. The highest BCUT2D eigenvalue weighted by molar-refractivity contribution is 8.00. The number of aliphatic carboxylic acids is 2. The molecule has 0 saturated carbocycles. The molecule has 0 aromatic carbocycles. The number of hydrogen-bond acceptors (Lipinski definition) is 15. The SMILES string of the molecule is C#CCON=C(C(=O)NC1C(=O)N2CC(CSc3nnnn3CCC(=O)O)(C(=O)O)CS[C@H]12)c1nsc(N)n1. The van der Waals surface area contributed by atoms with E-state index < -0.39 is 40.6 Å². The topological polar surface area (TPSA) is 241 Å². The zero-order chi connectivity index (χ0) is 28.2. The number of carboxylic acids is 2. The zero-order valence-corrected chi connectivity index (χ0v) is 22.2. The standard InChI is InChI=1S/C19H20N10O7S3/c1-2-5-36-24-10(12-22-17(20)39-25-12)13(32)21-11-14(33)28-6-19(16(34)35,7-37-15(11)28)8-38-18-23-26-27-29(18)4-3-9(30)31/h1,11,15H,3-8H2,(H,21,32)(H,30,31)(H,34,35)(H2,20,22,25)/t11?,15-,19?/m1/s1. The highest BCUT2D eigenvalue weighted by Gasteiger charge is 2.57. The third-order valence-corrected chi connectivity index (χ3v) is 8.95. The number of nitrogens with one attached hydrogen (secondary N) is 1. The minimum absolute atomic E-state index is 0.0234. The summed E-state index contributed by atoms with van der Waals surface area (Å²) in [6.07, 6.45) is 4.93. The molecule has 4 rings (SSSR count). The van der Waals surface area contributed by atoms with Crippen molar-refractivity contribution in [1.29, 1.82) is 0 Å². The molecule has 2 fully saturated rings. The van der Waals surface area contributed by atoms with Gasteiger partial charge in [-0.3, -0.25) is 19.2 Å². The molecule has 4 heterocycles. The van der Waals surface area contributed by atoms with Crippen molar-refractivity contribution in [3.8, 4) is 12.3 Å². The maximum atomic E-state index is 13.0. The van der Waals surface area contributed by atoms with Crippen molar-refractivity contribution in [3.05, 3.63) is 5.82 Å². The summed E-state index contributed by atoms with van der Waals surface area (Å²) in [4.78, 5) is 59.3. The molecule has 39 heavy (non-hydrogen) atoms. The first-order valence-corrected chi connectivity index (χ1v) is 13.8. The van der Waals surface area contributed by atoms with Gasteiger partial charge in [-0.15, -0.1) is 23.3 Å². The Hall–Kier alpha value is -3.96. The summed E-state index contributed by atoms with van der Waals surface area (Å²) in [5, 5.41) is 36.2. The van der Waals surface area contributed by atoms with Crippen LogP contribution in [0, 0.1) is 17.8 Å². The molecule has 5 N–H and O–H groups in total. The van der Waals surface area contributed by atoms with Gasteiger partial charge in [-0.05, 0) is 10.4 Å². The maximum absolute atomic E-state index is 13.0. The van der Waals surface area contributed by atoms with Gasteiger partial charge in [0.1, 0.15) is 16.8 Å². The minimum Gasteiger partial charge on any atom is -0.481 e. The number of aromatic nitrogens is 6. The molecule has 0 bridgehead atoms. The Balaban J connectivity index is 1.41. The van der Waals surface area contributed by atoms with E-state index in [4.69, 9.17) is 22.1 Å². The number of hydrogen-bond donors (Lipinski definition) is 4. The predicted octanol–water partition coefficient (Wildman–Crippen LogP) is -1.80. The summed E-state index contributed by atoms with van der Waals surface area (Å²) in [7, 11) is 0. The van der Waals surface area contributed by atoms with Crippen LogP contribution in [-0.4, -0.2) is 110 Å². The van der Waals surface area contributed by atoms with E-state index in [1.807, 2.05) is 0 Å². The molecular formula is C19H20N10O7S3. The number of oxime groups is 1. The number of tetrazole rings is 1. The molecule has 206 valence electrons. The quantitative estimate of drug-likeness (QED) is 0.0527. The first-order chi connectivity index (χ1) is 18.6. The second kappa shape index (κ2) is 11.8. The maximum Gasteiger partial charge on any atom is 0.313 e. The molecule has 0 spiro atoms. The van der Waals surface area contributed by atoms with E-state index >= 15 is 0 Å². The lowest BCUT2D eigenvalue weighted by atomic mass is 9.89. The van der Waals surface area contributed by atoms with Gasteiger partial charge in [0.25, 0.3) is 5.91 Å². The van der Waals surface area contributed by atoms with Crippen molar-refractivity contribution in [2.24, 2.45) is 10.6 Å². The number of rotatable bonds is 12. The van der Waals surface area contributed by atoms with E-state index in [1.165, 1.54) is 21.3 Å². The second-order valence-corrected chi connectivity index (χ2v) is 11.0. The number of carbonyl (C=O) groups is 4. The number of anilines is 1. The fraction of sp³-hybridized carbons (Fsp3) is 0.474. The highest BCUT2D eigenvalue weighted by Crippen LogP contribution is 2.44. The number of aryl methyl sites for hydroxylation is 1. The molecule has 3 atom stereocenters. The molecular weight excluding hydrogens is 576 g/mol. The number of carbonyl (C=O) groups excluding carboxylic acids is 2. The van der Waals surface area contributed by atoms with Gasteiger partial charge in [0.15, 0.2) is 11.7 Å². The summed E-state index contributed by atoms with van der Waals surface area (Å²) in [5.74, 6) is -1.15. The average molecular weight is 597 g/mol. The fourth-order valence-electron chi connectivity index (χ4n) is 3.61. The van der Waals surface area contributed by atoms with Gasteiger partial charge in [0, 0.05) is 29.6 Å². The molecule has 2 amide bonds. The Morgan fingerprint density at radius 3 is 2.85 bits per heavy atom. The minimum atomic E-state index is -1.34. The number of β-lactam (4-membered cyclic amide) rings is 1. The Bertz CT molecular complexity index is 1360. The van der Waals surface area contributed by atoms with Gasteiger partial charge in [-0.25, -0.2) is 4.68 Å². The fourth-order valence-corrected chi connectivity index (χ4v) is 6.81. The van der Waals surface area contributed by atoms with E-state index in [0.717, 1.165) is 23.3 Å². The van der Waals surface area contributed by atoms with Gasteiger partial charge >= 0.3 is 11.9 Å². The van der Waals surface area contributed by atoms with Gasteiger partial charge in [0.2, 0.25) is 22.6 Å². The lowest BCUT2D eigenvalue weighted by molar-refractivity contribution is -0.157. The number of nitrogens with two attached hydrogens (primary N) is 1. The van der Waals surface area contributed by atoms with E-state index in [2.05, 4.69) is 41.3 Å². The average Bonchev–Trinajstić information content (AvgIpc) is 3.55. The predicted molar refractivity (Wildman–Crippen MR) is 136 cm³/mol. The normalized spacial score (nSPS) is 22.4. The summed E-state index contributed by atoms with van der Waals surface area (Å²) >= 11 is 3.10. The van der Waals surface area contributed by atoms with E-state index in [1.54, 1.807) is 0 Å². The van der Waals surface area contributed by atoms with E-state index in [0.29, 0.717) is 0 Å². The van der Waals surface area contributed by atoms with Crippen molar-refractivity contribution < 1.29 is 34.2 Å². The number of fused-ring (bicyclic) bond motifs is 1. The third-order valence-electron chi connectivity index (χ3n) is 5.57. The monoisotopic (exact) mass is 596 g/mol. The van der Waals surface area contributed by atoms with Crippen LogP contribution in [-0.2, 0) is 30.6 Å². The van der Waals surface area contributed by atoms with Gasteiger partial charge in [0.05, 0.1) is 13.0 Å². The second-order valence-electron chi connectivity index (χ2n) is 8.20. The number of terminal acetylenes is 1. The summed E-state index contributed by atoms with van der Waals surface area (Å²) < 4.78 is 5.23. The Labute approximate surface area is 232 Å². The lowest BCUT2D eigenvalue weighted by Gasteiger charge is -2.53. The molecule has 2 saturated heterocycles. The van der Waals surface area contributed by atoms with Crippen molar-refractivity contribution >= 4 is 69.7 Å². The van der Waals surface area contributed by atoms with Crippen LogP contribution in [0.1, 0.15) is 12.2 Å². The number of thioether (sulfide) groups is 2. The lowest BCUT2D eigenvalue weighted by Crippen LogP contribution is -2.74. The zero-order valence-electron chi connectivity index (χ0n) is 19.8. The van der Waals surface area contributed by atoms with E-state index in [-0.39, 0.29) is 59.4 Å². The number of carboxylic acid groups (broad SMARTS) is 2. The molecule has 2 aromatic rings. The molecule has 2 aliphatic rings. The van der Waals surface area contributed by atoms with Crippen molar-refractivity contribution in [2.75, 3.05) is 30.4 Å². The Morgan fingerprint density at radius 2 is 2.18 bits per heavy atom. The van der Waals surface area contributed by atoms with Crippen LogP contribution in [0.25, 0.3) is 0 Å². The first kappa shape index (κ1) is 28.1. The number of nitrogen functional groups attached to an aromatic ring is 1. The Morgan fingerprint density at radius 1 is 1.38 bits per heavy atom. The molecule has 2 aliphatic heterocycles. The van der Waals surface area contributed by atoms with Crippen LogP contribution in [0.2, 0.25) is 0 Å². The van der Waals surface area contributed by atoms with Crippen molar-refractivity contribution in [1.82, 2.24) is 39.8 Å². The van der Waals surface area contributed by atoms with Gasteiger partial charge < -0.3 is 31.0 Å². The summed E-state index contributed by atoms with van der Waals surface area (Å²) in [6.45, 7) is -0.298. The number of nitrogens with zero attached hydrogens (tertiary/aromatic N) is 8. The summed E-state index contributed by atoms with van der Waals surface area (Å²) in [5.41, 5.74) is 3.94. The highest BCUT2D eigenvalue weighted by atomic mass is 32.2. The Kier molecular flexibility index (Phi) is 8.51. The van der Waals surface area contributed by atoms with Gasteiger partial charge in [-0.1, -0.05) is 22.8 Å². The molecule has 0 aliphatic carbocycles.